The molecule has 0 radical (unpaired) electrons. The summed E-state index contributed by atoms with van der Waals surface area (Å²) in [5, 5.41) is 2.82. The lowest BCUT2D eigenvalue weighted by Gasteiger charge is -2.17. The van der Waals surface area contributed by atoms with Crippen LogP contribution in [0.5, 0.6) is 0 Å². The van der Waals surface area contributed by atoms with E-state index in [1.807, 2.05) is 19.1 Å². The van der Waals surface area contributed by atoms with Crippen molar-refractivity contribution in [2.45, 2.75) is 15.6 Å². The monoisotopic (exact) mass is 343 g/mol. The number of alkyl halides is 3. The van der Waals surface area contributed by atoms with Gasteiger partial charge >= 0.3 is 0 Å². The van der Waals surface area contributed by atoms with Crippen molar-refractivity contribution in [2.75, 3.05) is 13.2 Å². The molecule has 1 saturated heterocycles. The summed E-state index contributed by atoms with van der Waals surface area (Å²) in [5.41, 5.74) is 1.65. The van der Waals surface area contributed by atoms with Crippen LogP contribution in [0.25, 0.3) is 0 Å². The molecule has 1 aromatic carbocycles. The van der Waals surface area contributed by atoms with E-state index in [2.05, 4.69) is 5.32 Å². The molecule has 0 bridgehead atoms. The first-order chi connectivity index (χ1) is 8.66. The summed E-state index contributed by atoms with van der Waals surface area (Å²) in [6.07, 6.45) is 0. The van der Waals surface area contributed by atoms with Crippen molar-refractivity contribution in [3.8, 4) is 0 Å². The predicted molar refractivity (Wildman–Crippen MR) is 76.0 cm³/mol. The number of benzene rings is 1. The number of aryl methyl sites for hydroxylation is 1. The zero-order valence-electron chi connectivity index (χ0n) is 9.99. The van der Waals surface area contributed by atoms with E-state index in [9.17, 15) is 8.42 Å². The fourth-order valence-electron chi connectivity index (χ4n) is 1.67. The summed E-state index contributed by atoms with van der Waals surface area (Å²) in [6.45, 7) is 1.68. The van der Waals surface area contributed by atoms with E-state index in [4.69, 9.17) is 39.0 Å². The topological polar surface area (TPSA) is 65.3 Å². The molecule has 0 aliphatic carbocycles. The number of nitrogens with one attached hydrogen (secondary N) is 1. The highest BCUT2D eigenvalue weighted by molar-refractivity contribution is 7.88. The molecule has 1 heterocycles. The van der Waals surface area contributed by atoms with E-state index >= 15 is 0 Å². The lowest BCUT2D eigenvalue weighted by atomic mass is 10.1. The summed E-state index contributed by atoms with van der Waals surface area (Å²) in [6, 6.07) is 7.15. The van der Waals surface area contributed by atoms with Crippen LogP contribution in [0.15, 0.2) is 24.3 Å². The first kappa shape index (κ1) is 15.4. The summed E-state index contributed by atoms with van der Waals surface area (Å²) in [4.78, 5) is -1.23. The van der Waals surface area contributed by atoms with Gasteiger partial charge < -0.3 is 0 Å². The van der Waals surface area contributed by atoms with Crippen LogP contribution in [0.4, 0.5) is 0 Å². The van der Waals surface area contributed by atoms with Gasteiger partial charge in [0, 0.05) is 6.54 Å². The predicted octanol–water partition coefficient (Wildman–Crippen LogP) is 2.47. The Balaban J connectivity index is 2.22. The van der Waals surface area contributed by atoms with Crippen molar-refractivity contribution >= 4 is 44.9 Å². The third-order valence-electron chi connectivity index (χ3n) is 2.82. The highest BCUT2D eigenvalue weighted by Crippen LogP contribution is 2.39. The molecule has 1 aliphatic rings. The first-order valence-corrected chi connectivity index (χ1v) is 7.98. The van der Waals surface area contributed by atoms with E-state index in [1.165, 1.54) is 0 Å². The molecule has 106 valence electrons. The molecule has 2 rings (SSSR count). The van der Waals surface area contributed by atoms with Gasteiger partial charge in [-0.3, -0.25) is 9.50 Å². The molecule has 0 saturated carbocycles. The number of hydrogen-bond acceptors (Lipinski definition) is 4. The molecule has 4 nitrogen and oxygen atoms in total. The molecule has 1 atom stereocenters. The molecule has 0 aromatic heterocycles. The highest BCUT2D eigenvalue weighted by Gasteiger charge is 2.57. The van der Waals surface area contributed by atoms with Crippen LogP contribution in [-0.4, -0.2) is 25.4 Å². The lowest BCUT2D eigenvalue weighted by molar-refractivity contribution is 0.316. The standard InChI is InChI=1S/C11H12Cl3NO3S/c1-8-2-4-9(5-3-8)10(6-15-10)19(16,17)18-7-11(12,13)14/h2-5,15H,6-7H2,1H3. The third kappa shape index (κ3) is 3.35. The van der Waals surface area contributed by atoms with E-state index in [0.29, 0.717) is 5.56 Å². The molecule has 1 fully saturated rings. The summed E-state index contributed by atoms with van der Waals surface area (Å²) in [5.74, 6) is 0. The fourth-order valence-corrected chi connectivity index (χ4v) is 3.41. The SMILES string of the molecule is Cc1ccc(C2(S(=O)(=O)OCC(Cl)(Cl)Cl)CN2)cc1. The second-order valence-corrected chi connectivity index (χ2v) is 8.74. The van der Waals surface area contributed by atoms with Crippen molar-refractivity contribution in [3.63, 3.8) is 0 Å². The van der Waals surface area contributed by atoms with E-state index in [0.717, 1.165) is 5.56 Å². The number of hydrogen-bond donors (Lipinski definition) is 1. The molecule has 8 heteroatoms. The summed E-state index contributed by atoms with van der Waals surface area (Å²) in [7, 11) is -3.91. The van der Waals surface area contributed by atoms with Crippen molar-refractivity contribution in [3.05, 3.63) is 35.4 Å². The summed E-state index contributed by atoms with van der Waals surface area (Å²) < 4.78 is 27.4. The van der Waals surface area contributed by atoms with E-state index < -0.39 is 25.4 Å². The van der Waals surface area contributed by atoms with Crippen molar-refractivity contribution in [2.24, 2.45) is 0 Å². The number of rotatable bonds is 4. The maximum Gasteiger partial charge on any atom is 0.292 e. The van der Waals surface area contributed by atoms with Gasteiger partial charge in [-0.2, -0.15) is 8.42 Å². The van der Waals surface area contributed by atoms with Crippen LogP contribution < -0.4 is 5.32 Å². The van der Waals surface area contributed by atoms with Gasteiger partial charge in [-0.1, -0.05) is 64.6 Å². The fraction of sp³-hybridized carbons (Fsp3) is 0.455. The van der Waals surface area contributed by atoms with Crippen molar-refractivity contribution in [1.29, 1.82) is 0 Å². The molecule has 0 amide bonds. The molecule has 1 unspecified atom stereocenters. The maximum absolute atomic E-state index is 12.2. The second kappa shape index (κ2) is 5.06. The molecule has 19 heavy (non-hydrogen) atoms. The Morgan fingerprint density at radius 1 is 1.32 bits per heavy atom. The average Bonchev–Trinajstić information content (AvgIpc) is 3.08. The Hall–Kier alpha value is -0.0400. The van der Waals surface area contributed by atoms with Gasteiger partial charge in [0.1, 0.15) is 6.61 Å². The van der Waals surface area contributed by atoms with Gasteiger partial charge in [-0.25, -0.2) is 0 Å². The van der Waals surface area contributed by atoms with Crippen LogP contribution in [0.2, 0.25) is 0 Å². The van der Waals surface area contributed by atoms with Gasteiger partial charge in [0.05, 0.1) is 0 Å². The van der Waals surface area contributed by atoms with Crippen molar-refractivity contribution in [1.82, 2.24) is 5.32 Å². The molecule has 0 spiro atoms. The van der Waals surface area contributed by atoms with E-state index in [1.54, 1.807) is 12.1 Å². The quantitative estimate of drug-likeness (QED) is 0.518. The Morgan fingerprint density at radius 3 is 2.26 bits per heavy atom. The number of halogens is 3. The van der Waals surface area contributed by atoms with Crippen LogP contribution in [0.3, 0.4) is 0 Å². The molecule has 1 aromatic rings. The largest absolute Gasteiger partial charge is 0.292 e. The van der Waals surface area contributed by atoms with Gasteiger partial charge in [-0.05, 0) is 12.5 Å². The second-order valence-electron chi connectivity index (χ2n) is 4.38. The zero-order chi connectivity index (χ0) is 14.3. The minimum atomic E-state index is -3.91. The molecular weight excluding hydrogens is 333 g/mol. The third-order valence-corrected chi connectivity index (χ3v) is 4.95. The lowest BCUT2D eigenvalue weighted by Crippen LogP contribution is -2.30. The Labute approximate surface area is 127 Å². The molecule has 1 N–H and O–H groups in total. The van der Waals surface area contributed by atoms with Gasteiger partial charge in [0.2, 0.25) is 3.79 Å². The van der Waals surface area contributed by atoms with Crippen molar-refractivity contribution < 1.29 is 12.6 Å². The summed E-state index contributed by atoms with van der Waals surface area (Å²) >= 11 is 16.5. The molecular formula is C11H12Cl3NO3S. The average molecular weight is 345 g/mol. The normalized spacial score (nSPS) is 23.4. The zero-order valence-corrected chi connectivity index (χ0v) is 13.1. The van der Waals surface area contributed by atoms with Gasteiger partial charge in [0.15, 0.2) is 4.87 Å². The van der Waals surface area contributed by atoms with Gasteiger partial charge in [-0.15, -0.1) is 0 Å². The van der Waals surface area contributed by atoms with Crippen LogP contribution in [0.1, 0.15) is 11.1 Å². The van der Waals surface area contributed by atoms with Crippen LogP contribution in [0, 0.1) is 6.92 Å². The molecule has 1 aliphatic heterocycles. The maximum atomic E-state index is 12.2. The Kier molecular flexibility index (Phi) is 4.09. The first-order valence-electron chi connectivity index (χ1n) is 5.44. The minimum Gasteiger partial charge on any atom is -0.288 e. The van der Waals surface area contributed by atoms with Crippen LogP contribution >= 0.6 is 34.8 Å². The Bertz CT molecular complexity index is 562. The minimum absolute atomic E-state index is 0.276. The van der Waals surface area contributed by atoms with Crippen LogP contribution in [-0.2, 0) is 19.2 Å². The highest BCUT2D eigenvalue weighted by atomic mass is 35.6. The smallest absolute Gasteiger partial charge is 0.288 e. The van der Waals surface area contributed by atoms with Gasteiger partial charge in [0.25, 0.3) is 10.1 Å². The Morgan fingerprint density at radius 2 is 1.84 bits per heavy atom. The van der Waals surface area contributed by atoms with E-state index in [-0.39, 0.29) is 6.54 Å².